The highest BCUT2D eigenvalue weighted by atomic mass is 16.2. The van der Waals surface area contributed by atoms with Gasteiger partial charge in [0.15, 0.2) is 0 Å². The van der Waals surface area contributed by atoms with Gasteiger partial charge in [-0.25, -0.2) is 4.79 Å². The topological polar surface area (TPSA) is 44.0 Å². The Morgan fingerprint density at radius 2 is 1.71 bits per heavy atom. The monoisotopic (exact) mass is 230 g/mol. The molecule has 0 amide bonds. The molecular formula is C13H14N2O2. The second-order valence-electron chi connectivity index (χ2n) is 4.14. The van der Waals surface area contributed by atoms with E-state index in [1.807, 2.05) is 31.2 Å². The van der Waals surface area contributed by atoms with Crippen molar-refractivity contribution >= 4 is 0 Å². The Hall–Kier alpha value is -2.10. The number of hydrogen-bond acceptors (Lipinski definition) is 2. The van der Waals surface area contributed by atoms with E-state index in [0.717, 1.165) is 15.7 Å². The van der Waals surface area contributed by atoms with Gasteiger partial charge in [0.2, 0.25) is 0 Å². The highest BCUT2D eigenvalue weighted by molar-refractivity contribution is 5.59. The van der Waals surface area contributed by atoms with Crippen molar-refractivity contribution in [2.24, 2.45) is 14.1 Å². The lowest BCUT2D eigenvalue weighted by Crippen LogP contribution is -2.37. The minimum atomic E-state index is -0.311. The molecule has 0 bridgehead atoms. The first-order valence-corrected chi connectivity index (χ1v) is 5.35. The molecule has 0 saturated carbocycles. The second kappa shape index (κ2) is 4.05. The molecule has 0 unspecified atom stereocenters. The van der Waals surface area contributed by atoms with Crippen LogP contribution in [0.1, 0.15) is 5.56 Å². The van der Waals surface area contributed by atoms with Gasteiger partial charge < -0.3 is 0 Å². The molecular weight excluding hydrogens is 216 g/mol. The number of benzene rings is 1. The number of aromatic nitrogens is 2. The van der Waals surface area contributed by atoms with E-state index in [-0.39, 0.29) is 11.2 Å². The van der Waals surface area contributed by atoms with Crippen LogP contribution in [0, 0.1) is 6.92 Å². The Labute approximate surface area is 98.8 Å². The van der Waals surface area contributed by atoms with E-state index in [4.69, 9.17) is 0 Å². The van der Waals surface area contributed by atoms with Crippen molar-refractivity contribution in [1.82, 2.24) is 9.13 Å². The maximum absolute atomic E-state index is 11.8. The standard InChI is InChI=1S/C13H14N2O2/c1-9-5-4-6-10(7-9)11-8-12(16)15(3)13(17)14(11)2/h4-8H,1-3H3. The summed E-state index contributed by atoms with van der Waals surface area (Å²) in [5, 5.41) is 0. The Balaban J connectivity index is 2.78. The molecule has 17 heavy (non-hydrogen) atoms. The molecule has 1 aromatic heterocycles. The molecule has 88 valence electrons. The third kappa shape index (κ3) is 1.93. The molecule has 1 heterocycles. The lowest BCUT2D eigenvalue weighted by molar-refractivity contribution is 0.692. The van der Waals surface area contributed by atoms with E-state index >= 15 is 0 Å². The molecule has 1 aromatic carbocycles. The summed E-state index contributed by atoms with van der Waals surface area (Å²) in [4.78, 5) is 23.4. The third-order valence-corrected chi connectivity index (χ3v) is 2.84. The van der Waals surface area contributed by atoms with Crippen LogP contribution in [-0.2, 0) is 14.1 Å². The van der Waals surface area contributed by atoms with Crippen LogP contribution < -0.4 is 11.2 Å². The average Bonchev–Trinajstić information content (AvgIpc) is 2.31. The van der Waals surface area contributed by atoms with Crippen LogP contribution in [0.4, 0.5) is 0 Å². The van der Waals surface area contributed by atoms with E-state index in [2.05, 4.69) is 0 Å². The van der Waals surface area contributed by atoms with Gasteiger partial charge in [-0.05, 0) is 18.6 Å². The lowest BCUT2D eigenvalue weighted by atomic mass is 10.1. The molecule has 2 rings (SSSR count). The molecule has 2 aromatic rings. The summed E-state index contributed by atoms with van der Waals surface area (Å²) in [6, 6.07) is 9.21. The number of aryl methyl sites for hydroxylation is 1. The van der Waals surface area contributed by atoms with Crippen LogP contribution in [-0.4, -0.2) is 9.13 Å². The van der Waals surface area contributed by atoms with E-state index in [1.54, 1.807) is 7.05 Å². The fourth-order valence-corrected chi connectivity index (χ4v) is 1.81. The normalized spacial score (nSPS) is 10.5. The highest BCUT2D eigenvalue weighted by Crippen LogP contribution is 2.16. The molecule has 0 aliphatic rings. The Morgan fingerprint density at radius 3 is 2.35 bits per heavy atom. The van der Waals surface area contributed by atoms with Crippen LogP contribution in [0.5, 0.6) is 0 Å². The predicted octanol–water partition coefficient (Wildman–Crippen LogP) is 1.06. The quantitative estimate of drug-likeness (QED) is 0.735. The Bertz CT molecular complexity index is 681. The van der Waals surface area contributed by atoms with Gasteiger partial charge in [0.05, 0.1) is 5.69 Å². The molecule has 0 radical (unpaired) electrons. The van der Waals surface area contributed by atoms with Crippen LogP contribution in [0.25, 0.3) is 11.3 Å². The highest BCUT2D eigenvalue weighted by Gasteiger charge is 2.07. The molecule has 0 atom stereocenters. The van der Waals surface area contributed by atoms with Crippen LogP contribution >= 0.6 is 0 Å². The van der Waals surface area contributed by atoms with Gasteiger partial charge in [0, 0.05) is 20.2 Å². The first-order valence-electron chi connectivity index (χ1n) is 5.35. The molecule has 0 spiro atoms. The number of rotatable bonds is 1. The van der Waals surface area contributed by atoms with E-state index in [1.165, 1.54) is 17.7 Å². The third-order valence-electron chi connectivity index (χ3n) is 2.84. The van der Waals surface area contributed by atoms with Crippen LogP contribution in [0.3, 0.4) is 0 Å². The van der Waals surface area contributed by atoms with Crippen molar-refractivity contribution in [2.75, 3.05) is 0 Å². The summed E-state index contributed by atoms with van der Waals surface area (Å²) < 4.78 is 2.58. The molecule has 4 heteroatoms. The maximum Gasteiger partial charge on any atom is 0.330 e. The minimum Gasteiger partial charge on any atom is -0.296 e. The molecule has 4 nitrogen and oxygen atoms in total. The van der Waals surface area contributed by atoms with Crippen LogP contribution in [0.15, 0.2) is 39.9 Å². The van der Waals surface area contributed by atoms with Gasteiger partial charge >= 0.3 is 5.69 Å². The SMILES string of the molecule is Cc1cccc(-c2cc(=O)n(C)c(=O)n2C)c1. The lowest BCUT2D eigenvalue weighted by Gasteiger charge is -2.09. The summed E-state index contributed by atoms with van der Waals surface area (Å²) >= 11 is 0. The molecule has 0 fully saturated rings. The van der Waals surface area contributed by atoms with E-state index < -0.39 is 0 Å². The van der Waals surface area contributed by atoms with E-state index in [9.17, 15) is 9.59 Å². The van der Waals surface area contributed by atoms with Crippen molar-refractivity contribution in [3.8, 4) is 11.3 Å². The Kier molecular flexibility index (Phi) is 2.71. The van der Waals surface area contributed by atoms with Crippen molar-refractivity contribution in [2.45, 2.75) is 6.92 Å². The largest absolute Gasteiger partial charge is 0.330 e. The van der Waals surface area contributed by atoms with Crippen molar-refractivity contribution in [1.29, 1.82) is 0 Å². The zero-order valence-corrected chi connectivity index (χ0v) is 10.1. The molecule has 0 aliphatic heterocycles. The van der Waals surface area contributed by atoms with Gasteiger partial charge in [-0.1, -0.05) is 23.8 Å². The fourth-order valence-electron chi connectivity index (χ4n) is 1.81. The summed E-state index contributed by atoms with van der Waals surface area (Å²) in [5.74, 6) is 0. The summed E-state index contributed by atoms with van der Waals surface area (Å²) in [5.41, 5.74) is 2.01. The molecule has 0 N–H and O–H groups in total. The molecule has 0 saturated heterocycles. The maximum atomic E-state index is 11.8. The number of hydrogen-bond donors (Lipinski definition) is 0. The molecule has 0 aliphatic carbocycles. The smallest absolute Gasteiger partial charge is 0.296 e. The fraction of sp³-hybridized carbons (Fsp3) is 0.231. The summed E-state index contributed by atoms with van der Waals surface area (Å²) in [7, 11) is 3.14. The first kappa shape index (κ1) is 11.4. The van der Waals surface area contributed by atoms with Gasteiger partial charge in [-0.15, -0.1) is 0 Å². The summed E-state index contributed by atoms with van der Waals surface area (Å²) in [6.45, 7) is 1.97. The van der Waals surface area contributed by atoms with Crippen molar-refractivity contribution in [3.05, 3.63) is 56.7 Å². The zero-order valence-electron chi connectivity index (χ0n) is 10.1. The average molecular weight is 230 g/mol. The predicted molar refractivity (Wildman–Crippen MR) is 67.1 cm³/mol. The zero-order chi connectivity index (χ0) is 12.6. The van der Waals surface area contributed by atoms with E-state index in [0.29, 0.717) is 5.69 Å². The van der Waals surface area contributed by atoms with Crippen LogP contribution in [0.2, 0.25) is 0 Å². The number of nitrogens with zero attached hydrogens (tertiary/aromatic N) is 2. The van der Waals surface area contributed by atoms with Crippen molar-refractivity contribution in [3.63, 3.8) is 0 Å². The summed E-state index contributed by atoms with van der Waals surface area (Å²) in [6.07, 6.45) is 0. The van der Waals surface area contributed by atoms with Gasteiger partial charge in [-0.3, -0.25) is 13.9 Å². The Morgan fingerprint density at radius 1 is 1.00 bits per heavy atom. The van der Waals surface area contributed by atoms with Crippen molar-refractivity contribution < 1.29 is 0 Å². The first-order chi connectivity index (χ1) is 8.00. The van der Waals surface area contributed by atoms with Gasteiger partial charge in [0.1, 0.15) is 0 Å². The van der Waals surface area contributed by atoms with Gasteiger partial charge in [-0.2, -0.15) is 0 Å². The second-order valence-corrected chi connectivity index (χ2v) is 4.14. The van der Waals surface area contributed by atoms with Gasteiger partial charge in [0.25, 0.3) is 5.56 Å². The minimum absolute atomic E-state index is 0.287.